The Balaban J connectivity index is 2.15. The molecule has 0 saturated heterocycles. The van der Waals surface area contributed by atoms with Crippen LogP contribution in [0.25, 0.3) is 0 Å². The van der Waals surface area contributed by atoms with Gasteiger partial charge in [0, 0.05) is 7.05 Å². The molecule has 0 aromatic heterocycles. The normalized spacial score (nSPS) is 26.6. The Morgan fingerprint density at radius 2 is 2.29 bits per heavy atom. The van der Waals surface area contributed by atoms with Gasteiger partial charge in [0.2, 0.25) is 0 Å². The smallest absolute Gasteiger partial charge is 0.304 e. The SMILES string of the molecule is CN1N=C(C2CC2)C(CC(=O)O)C1=O. The van der Waals surface area contributed by atoms with Crippen molar-refractivity contribution in [3.8, 4) is 0 Å². The maximum absolute atomic E-state index is 11.5. The lowest BCUT2D eigenvalue weighted by atomic mass is 9.96. The molecule has 0 radical (unpaired) electrons. The number of rotatable bonds is 3. The van der Waals surface area contributed by atoms with Gasteiger partial charge in [0.1, 0.15) is 0 Å². The third-order valence-electron chi connectivity index (χ3n) is 2.61. The highest BCUT2D eigenvalue weighted by Crippen LogP contribution is 2.37. The zero-order valence-electron chi connectivity index (χ0n) is 7.93. The summed E-state index contributed by atoms with van der Waals surface area (Å²) in [5.74, 6) is -1.28. The van der Waals surface area contributed by atoms with Crippen molar-refractivity contribution in [1.29, 1.82) is 0 Å². The molecule has 1 aliphatic carbocycles. The third kappa shape index (κ3) is 1.49. The molecule has 0 aromatic carbocycles. The fraction of sp³-hybridized carbons (Fsp3) is 0.667. The standard InChI is InChI=1S/C9H12N2O3/c1-11-9(14)6(4-7(12)13)8(10-11)5-2-3-5/h5-6H,2-4H2,1H3,(H,12,13). The van der Waals surface area contributed by atoms with Crippen LogP contribution >= 0.6 is 0 Å². The molecule has 1 unspecified atom stereocenters. The second-order valence-corrected chi connectivity index (χ2v) is 3.81. The van der Waals surface area contributed by atoms with Gasteiger partial charge in [0.15, 0.2) is 0 Å². The van der Waals surface area contributed by atoms with Crippen molar-refractivity contribution in [3.05, 3.63) is 0 Å². The van der Waals surface area contributed by atoms with Gasteiger partial charge < -0.3 is 5.11 Å². The molecule has 2 rings (SSSR count). The van der Waals surface area contributed by atoms with Crippen molar-refractivity contribution in [1.82, 2.24) is 5.01 Å². The van der Waals surface area contributed by atoms with E-state index in [-0.39, 0.29) is 12.3 Å². The number of carboxylic acid groups (broad SMARTS) is 1. The van der Waals surface area contributed by atoms with Crippen LogP contribution < -0.4 is 0 Å². The molecule has 0 aromatic rings. The minimum atomic E-state index is -0.938. The lowest BCUT2D eigenvalue weighted by molar-refractivity contribution is -0.141. The van der Waals surface area contributed by atoms with Crippen LogP contribution in [-0.2, 0) is 9.59 Å². The number of hydrogen-bond acceptors (Lipinski definition) is 3. The highest BCUT2D eigenvalue weighted by Gasteiger charge is 2.42. The minimum absolute atomic E-state index is 0.126. The van der Waals surface area contributed by atoms with Gasteiger partial charge in [-0.2, -0.15) is 5.10 Å². The number of aliphatic carboxylic acids is 1. The monoisotopic (exact) mass is 196 g/mol. The Kier molecular flexibility index (Phi) is 2.02. The summed E-state index contributed by atoms with van der Waals surface area (Å²) in [5.41, 5.74) is 0.778. The van der Waals surface area contributed by atoms with Gasteiger partial charge in [0.25, 0.3) is 5.91 Å². The van der Waals surface area contributed by atoms with Crippen LogP contribution in [0.3, 0.4) is 0 Å². The topological polar surface area (TPSA) is 70.0 Å². The second kappa shape index (κ2) is 3.08. The quantitative estimate of drug-likeness (QED) is 0.706. The van der Waals surface area contributed by atoms with E-state index in [9.17, 15) is 9.59 Å². The van der Waals surface area contributed by atoms with E-state index in [1.807, 2.05) is 0 Å². The zero-order chi connectivity index (χ0) is 10.3. The predicted octanol–water partition coefficient (Wildman–Crippen LogP) is 0.315. The first kappa shape index (κ1) is 9.18. The molecular formula is C9H12N2O3. The van der Waals surface area contributed by atoms with E-state index in [1.165, 1.54) is 5.01 Å². The molecule has 1 fully saturated rings. The van der Waals surface area contributed by atoms with Crippen LogP contribution in [0.1, 0.15) is 19.3 Å². The summed E-state index contributed by atoms with van der Waals surface area (Å²) in [7, 11) is 1.58. The lowest BCUT2D eigenvalue weighted by Gasteiger charge is -2.07. The molecule has 5 nitrogen and oxygen atoms in total. The van der Waals surface area contributed by atoms with Crippen LogP contribution in [0.2, 0.25) is 0 Å². The maximum Gasteiger partial charge on any atom is 0.304 e. The number of nitrogens with zero attached hydrogens (tertiary/aromatic N) is 2. The molecule has 5 heteroatoms. The molecule has 0 spiro atoms. The highest BCUT2D eigenvalue weighted by molar-refractivity contribution is 6.11. The van der Waals surface area contributed by atoms with Crippen LogP contribution in [0, 0.1) is 11.8 Å². The number of hydrazone groups is 1. The van der Waals surface area contributed by atoms with E-state index in [0.717, 1.165) is 18.6 Å². The van der Waals surface area contributed by atoms with Gasteiger partial charge in [-0.05, 0) is 18.8 Å². The molecule has 1 N–H and O–H groups in total. The molecule has 0 bridgehead atoms. The minimum Gasteiger partial charge on any atom is -0.481 e. The van der Waals surface area contributed by atoms with Crippen molar-refractivity contribution < 1.29 is 14.7 Å². The summed E-state index contributed by atoms with van der Waals surface area (Å²) in [6, 6.07) is 0. The molecule has 1 aliphatic heterocycles. The van der Waals surface area contributed by atoms with Crippen LogP contribution in [-0.4, -0.2) is 34.8 Å². The Bertz CT molecular complexity index is 320. The van der Waals surface area contributed by atoms with Crippen molar-refractivity contribution in [2.75, 3.05) is 7.05 Å². The summed E-state index contributed by atoms with van der Waals surface area (Å²) in [4.78, 5) is 22.1. The number of carboxylic acids is 1. The molecule has 1 saturated carbocycles. The molecule has 1 atom stereocenters. The average Bonchev–Trinajstić information content (AvgIpc) is 2.88. The first-order chi connectivity index (χ1) is 6.59. The van der Waals surface area contributed by atoms with Crippen LogP contribution in [0.4, 0.5) is 0 Å². The zero-order valence-corrected chi connectivity index (χ0v) is 7.93. The highest BCUT2D eigenvalue weighted by atomic mass is 16.4. The van der Waals surface area contributed by atoms with Crippen LogP contribution in [0.5, 0.6) is 0 Å². The first-order valence-corrected chi connectivity index (χ1v) is 4.67. The summed E-state index contributed by atoms with van der Waals surface area (Å²) >= 11 is 0. The maximum atomic E-state index is 11.5. The van der Waals surface area contributed by atoms with Crippen molar-refractivity contribution in [3.63, 3.8) is 0 Å². The Hall–Kier alpha value is -1.39. The molecule has 1 amide bonds. The van der Waals surface area contributed by atoms with Gasteiger partial charge in [-0.1, -0.05) is 0 Å². The van der Waals surface area contributed by atoms with E-state index in [0.29, 0.717) is 5.92 Å². The van der Waals surface area contributed by atoms with Gasteiger partial charge in [-0.3, -0.25) is 9.59 Å². The number of hydrogen-bond donors (Lipinski definition) is 1. The molecular weight excluding hydrogens is 184 g/mol. The van der Waals surface area contributed by atoms with Gasteiger partial charge in [-0.25, -0.2) is 5.01 Å². The Morgan fingerprint density at radius 1 is 1.64 bits per heavy atom. The van der Waals surface area contributed by atoms with E-state index in [2.05, 4.69) is 5.10 Å². The van der Waals surface area contributed by atoms with Gasteiger partial charge >= 0.3 is 5.97 Å². The first-order valence-electron chi connectivity index (χ1n) is 4.67. The fourth-order valence-corrected chi connectivity index (χ4v) is 1.76. The predicted molar refractivity (Wildman–Crippen MR) is 48.7 cm³/mol. The Morgan fingerprint density at radius 3 is 2.79 bits per heavy atom. The third-order valence-corrected chi connectivity index (χ3v) is 2.61. The molecule has 1 heterocycles. The molecule has 2 aliphatic rings. The van der Waals surface area contributed by atoms with E-state index in [4.69, 9.17) is 5.11 Å². The van der Waals surface area contributed by atoms with Crippen molar-refractivity contribution in [2.24, 2.45) is 16.9 Å². The Labute approximate surface area is 81.4 Å². The molecule has 76 valence electrons. The van der Waals surface area contributed by atoms with Gasteiger partial charge in [0.05, 0.1) is 18.1 Å². The lowest BCUT2D eigenvalue weighted by Crippen LogP contribution is -2.27. The summed E-state index contributed by atoms with van der Waals surface area (Å²) in [6.45, 7) is 0. The van der Waals surface area contributed by atoms with Crippen LogP contribution in [0.15, 0.2) is 5.10 Å². The summed E-state index contributed by atoms with van der Waals surface area (Å²) in [6.07, 6.45) is 1.95. The summed E-state index contributed by atoms with van der Waals surface area (Å²) < 4.78 is 0. The van der Waals surface area contributed by atoms with E-state index < -0.39 is 11.9 Å². The molecule has 14 heavy (non-hydrogen) atoms. The number of amides is 1. The second-order valence-electron chi connectivity index (χ2n) is 3.81. The fourth-order valence-electron chi connectivity index (χ4n) is 1.76. The van der Waals surface area contributed by atoms with Crippen molar-refractivity contribution >= 4 is 17.6 Å². The summed E-state index contributed by atoms with van der Waals surface area (Å²) in [5, 5.41) is 14.0. The van der Waals surface area contributed by atoms with Crippen molar-refractivity contribution in [2.45, 2.75) is 19.3 Å². The van der Waals surface area contributed by atoms with E-state index in [1.54, 1.807) is 7.05 Å². The van der Waals surface area contributed by atoms with Gasteiger partial charge in [-0.15, -0.1) is 0 Å². The number of carbonyl (C=O) groups excluding carboxylic acids is 1. The largest absolute Gasteiger partial charge is 0.481 e. The van der Waals surface area contributed by atoms with E-state index >= 15 is 0 Å². The number of carbonyl (C=O) groups is 2. The average molecular weight is 196 g/mol.